The third-order valence-corrected chi connectivity index (χ3v) is 15.5. The highest BCUT2D eigenvalue weighted by Gasteiger charge is 2.45. The Morgan fingerprint density at radius 3 is 0.783 bits per heavy atom. The summed E-state index contributed by atoms with van der Waals surface area (Å²) in [6.45, 7) is -52.6. The molecule has 10 aliphatic heterocycles. The lowest BCUT2D eigenvalue weighted by atomic mass is 9.79. The van der Waals surface area contributed by atoms with Crippen molar-refractivity contribution in [2.75, 3.05) is 136 Å². The van der Waals surface area contributed by atoms with Gasteiger partial charge in [0.25, 0.3) is 0 Å². The fourth-order valence-corrected chi connectivity index (χ4v) is 10.6. The molecule has 19 unspecified atom stereocenters. The molecule has 0 saturated carbocycles. The van der Waals surface area contributed by atoms with E-state index in [1.54, 1.807) is 0 Å². The van der Waals surface area contributed by atoms with Crippen molar-refractivity contribution in [3.05, 3.63) is 116 Å². The van der Waals surface area contributed by atoms with Gasteiger partial charge in [0.2, 0.25) is 1.43 Å². The largest absolute Gasteiger partial charge is 0.493 e. The van der Waals surface area contributed by atoms with Gasteiger partial charge in [0.15, 0.2) is 57.5 Å². The Morgan fingerprint density at radius 2 is 0.565 bits per heavy atom. The maximum atomic E-state index is 11.5. The zero-order valence-corrected chi connectivity index (χ0v) is 62.3. The lowest BCUT2D eigenvalue weighted by Gasteiger charge is -2.46. The number of nitrogens with zero attached hydrogens (tertiary/aromatic N) is 5. The fraction of sp³-hybridized carbons (Fsp3) is 0.684. The van der Waals surface area contributed by atoms with E-state index in [2.05, 4.69) is 5.11 Å². The Labute approximate surface area is 833 Å². The van der Waals surface area contributed by atoms with Crippen LogP contribution in [0.3, 0.4) is 0 Å². The van der Waals surface area contributed by atoms with Gasteiger partial charge in [-0.05, 0) is 271 Å². The van der Waals surface area contributed by atoms with Crippen molar-refractivity contribution >= 4 is 0 Å². The molecule has 10 aliphatic rings. The van der Waals surface area contributed by atoms with Crippen LogP contribution in [-0.4, -0.2) is 218 Å². The van der Waals surface area contributed by atoms with Crippen molar-refractivity contribution in [3.8, 4) is 57.5 Å². The van der Waals surface area contributed by atoms with Gasteiger partial charge in [0.1, 0.15) is 0 Å². The summed E-state index contributed by atoms with van der Waals surface area (Å²) in [4.78, 5) is -2.99. The van der Waals surface area contributed by atoms with Gasteiger partial charge in [-0.1, -0.05) is 68.9 Å². The molecule has 5 saturated heterocycles. The Morgan fingerprint density at radius 1 is 0.357 bits per heavy atom. The second-order valence-corrected chi connectivity index (χ2v) is 24.0. The Kier molecular flexibility index (Phi) is 9.15. The lowest BCUT2D eigenvalue weighted by Crippen LogP contribution is -2.48. The normalized spacial score (nSPS) is 62.2. The van der Waals surface area contributed by atoms with Gasteiger partial charge in [-0.2, -0.15) is 0 Å². The molecule has 5 fully saturated rings. The molecule has 15 rings (SSSR count). The van der Waals surface area contributed by atoms with Crippen LogP contribution in [0.25, 0.3) is 0 Å². The molecule has 10 heterocycles. The van der Waals surface area contributed by atoms with Crippen LogP contribution in [0.15, 0.2) is 60.4 Å². The molecule has 20 nitrogen and oxygen atoms in total. The molecule has 0 radical (unpaired) electrons. The van der Waals surface area contributed by atoms with Gasteiger partial charge in [0, 0.05) is 190 Å². The number of hydrogen-bond donors (Lipinski definition) is 5. The highest BCUT2D eigenvalue weighted by molar-refractivity contribution is 5.54. The van der Waals surface area contributed by atoms with Crippen LogP contribution >= 0.6 is 0 Å². The second-order valence-electron chi connectivity index (χ2n) is 24.0. The van der Waals surface area contributed by atoms with Crippen LogP contribution < -0.4 is 47.4 Å². The molecule has 115 heavy (non-hydrogen) atoms. The van der Waals surface area contributed by atoms with Crippen molar-refractivity contribution in [2.45, 2.75) is 225 Å². The first-order valence-electron chi connectivity index (χ1n) is 83.8. The van der Waals surface area contributed by atoms with E-state index >= 15 is 0 Å². The zero-order chi connectivity index (χ0) is 173. The molecule has 0 aliphatic carbocycles. The van der Waals surface area contributed by atoms with E-state index in [0.717, 1.165) is 42.7 Å². The van der Waals surface area contributed by atoms with Crippen LogP contribution in [0.2, 0.25) is 0 Å². The van der Waals surface area contributed by atoms with E-state index in [1.807, 2.05) is 0 Å². The molecule has 0 bridgehead atoms. The average molecular weight is 1700 g/mol. The van der Waals surface area contributed by atoms with Gasteiger partial charge in [-0.25, -0.2) is 0 Å². The van der Waals surface area contributed by atoms with Gasteiger partial charge < -0.3 is 72.9 Å². The number of aliphatic hydroxyl groups is 5. The smallest absolute Gasteiger partial charge is 0.210 e. The Bertz CT molecular complexity index is 8840. The number of ether oxygens (including phenoxy) is 10. The van der Waals surface area contributed by atoms with Crippen LogP contribution in [0.4, 0.5) is 0 Å². The molecule has 640 valence electrons. The van der Waals surface area contributed by atoms with Gasteiger partial charge in [-0.3, -0.25) is 24.5 Å². The summed E-state index contributed by atoms with van der Waals surface area (Å²) in [6, 6.07) is -33.0. The zero-order valence-electron chi connectivity index (χ0n) is 164. The van der Waals surface area contributed by atoms with Crippen molar-refractivity contribution in [2.24, 2.45) is 59.0 Å². The summed E-state index contributed by atoms with van der Waals surface area (Å²) in [5, 5.41) is 50.0. The minimum absolute atomic E-state index is 0.253. The van der Waals surface area contributed by atoms with E-state index < -0.39 is 529 Å². The molecule has 5 aromatic rings. The summed E-state index contributed by atoms with van der Waals surface area (Å²) in [5.74, 6) is -46.8. The summed E-state index contributed by atoms with van der Waals surface area (Å²) < 4.78 is 911. The number of methoxy groups -OCH3 is 10. The first-order valence-corrected chi connectivity index (χ1v) is 32.9. The molecule has 5 aromatic carbocycles. The highest BCUT2D eigenvalue weighted by Crippen LogP contribution is 2.50. The summed E-state index contributed by atoms with van der Waals surface area (Å²) in [6.07, 6.45) is -80.6. The van der Waals surface area contributed by atoms with Crippen molar-refractivity contribution in [1.82, 2.24) is 24.5 Å². The lowest BCUT2D eigenvalue weighted by molar-refractivity contribution is -0.0192. The summed E-state index contributed by atoms with van der Waals surface area (Å²) in [7, 11) is -8.33. The molecule has 0 spiro atoms. The van der Waals surface area contributed by atoms with Gasteiger partial charge in [0.05, 0.1) is 145 Å². The Hall–Kier alpha value is -6.30. The van der Waals surface area contributed by atoms with E-state index in [1.165, 1.54) is 13.8 Å². The molecular weight excluding hydrogens is 1450 g/mol. The van der Waals surface area contributed by atoms with E-state index in [0.29, 0.717) is 27.7 Å². The first-order chi connectivity index (χ1) is 94.5. The summed E-state index contributed by atoms with van der Waals surface area (Å²) in [5.41, 5.74) is -13.7. The number of benzene rings is 5. The molecule has 5 N–H and O–H groups in total. The molecule has 0 amide bonds. The number of fused-ring (bicyclic) bond motifs is 15. The van der Waals surface area contributed by atoms with E-state index in [4.69, 9.17) is 180 Å². The quantitative estimate of drug-likeness (QED) is 0.0462. The predicted octanol–water partition coefficient (Wildman–Crippen LogP) is 15.1. The maximum absolute atomic E-state index is 11.5. The molecule has 0 aromatic heterocycles. The number of hydrogen-bond acceptors (Lipinski definition) is 20. The SMILES string of the molecule is [2H]OC1([2H])C([2H])([2H])C2([2H])c3c([2H])c(OC([2H])([2H])[2H])c(OC)c([2H])c3C([2H])([2H])C([2H])([2H])N2C([2H])([2H])C1([2H])C([2H])([2H])C([2H])(C)C([2H])([2H])[2H].[2H]c1c(OC)c(OC([2H])([2H])[2H])c([2H])c2c1C([2H])([2H])C([2H])([2H])N1C([2H])([2H])C([2H])(C([2H])([2H])C([2H])(C)C([2H])([2H])[2H])C([2H])(O)C([2H])([2H])C21[2H].[2H]c1c(OC)c(OC([2H])([2H])[2H])c([2H])c2c1C([2H])([2H])C([2H])([2H])N1C([2H])([2H])C([2H])(C([2H])([2H])C([2H])(C)C([2H])([2H])[2H])C([2H])(O)C([2H])([2H])C21[2H].[2H]c1c(OC)c(OC([2H])([2H])[2H])c([2H])c2c1C([2H])([2H])C([2H])([2H])N1C([2H])([2H])C([2H])(CC(C)C)C([2H])(O)C([2H])([2H])C21[2H].[2H]c1c(OC)c(OC)c([2H])c2c1C([2H])([2H])C([2H])([2H])N1C([2H])([2H])C([2H])(C([2H])([2H])C([2H])(C)C([2H])([2H])[2H])C([2H])(O)C([2H])([2H])C21[2H]. The second kappa shape index (κ2) is 40.6. The van der Waals surface area contributed by atoms with Gasteiger partial charge >= 0.3 is 0 Å². The monoisotopic (exact) mass is 1700 g/mol. The molecule has 19 atom stereocenters. The van der Waals surface area contributed by atoms with Crippen LogP contribution in [0, 0.1) is 59.0 Å². The predicted molar refractivity (Wildman–Crippen MR) is 456 cm³/mol. The van der Waals surface area contributed by atoms with Crippen molar-refractivity contribution in [1.29, 1.82) is 1.43 Å². The summed E-state index contributed by atoms with van der Waals surface area (Å²) >= 11 is 0. The van der Waals surface area contributed by atoms with Crippen LogP contribution in [0.5, 0.6) is 57.5 Å². The standard InChI is InChI=1S/5C19H29NO3/c5*1-12(2)7-14-11-20-6-5-13-8-18(22-3)19(23-4)9-15(13)16(20)10-17(14)21/h5*8-9,12,14,16-17,21H,5-7,10-11H2,1-4H3/i1D3,4D3,5D2,6D2,7D2,8D,9D,10D2,11D2,12D,14D,16D,17D,21D;2*1D3,4D3,5D2,6D2,7D2,8D,9D,10D2,11D2,12D,14D,16D,17D;1D3,5D2,6D2,7D2,8D,9D,10D2,11D2,12D,14D,16D,17D;4D3,5D2,6D2,8D,9D,10D2,11D2,14D,16D,17D. The topological polar surface area (TPSA) is 210 Å². The van der Waals surface area contributed by atoms with Crippen LogP contribution in [0.1, 0.15) is 357 Å². The first kappa shape index (κ1) is 25.9. The third-order valence-electron chi connectivity index (χ3n) is 15.5. The van der Waals surface area contributed by atoms with E-state index in [9.17, 15) is 27.3 Å². The fourth-order valence-electron chi connectivity index (χ4n) is 10.6. The minimum Gasteiger partial charge on any atom is -0.493 e. The average Bonchev–Trinajstić information content (AvgIpc) is 0.624. The minimum atomic E-state index is -4.70. The highest BCUT2D eigenvalue weighted by atomic mass is 16.5. The number of piperidine rings is 5. The Balaban J connectivity index is 0.000000248. The van der Waals surface area contributed by atoms with Crippen molar-refractivity contribution < 1.29 is 211 Å². The van der Waals surface area contributed by atoms with Crippen molar-refractivity contribution in [3.63, 3.8) is 0 Å². The maximum Gasteiger partial charge on any atom is 0.210 e. The van der Waals surface area contributed by atoms with Crippen LogP contribution in [-0.2, 0) is 31.9 Å². The van der Waals surface area contributed by atoms with E-state index in [-0.39, 0.29) is 4.90 Å². The number of rotatable bonds is 21. The van der Waals surface area contributed by atoms with Gasteiger partial charge in [-0.15, -0.1) is 0 Å². The molecular formula is C95H145N5O15. The molecule has 20 heteroatoms. The third kappa shape index (κ3) is 21.1.